The van der Waals surface area contributed by atoms with E-state index in [9.17, 15) is 4.79 Å². The van der Waals surface area contributed by atoms with E-state index in [1.54, 1.807) is 0 Å². The predicted octanol–water partition coefficient (Wildman–Crippen LogP) is 1.81. The summed E-state index contributed by atoms with van der Waals surface area (Å²) in [6.45, 7) is 4.33. The Labute approximate surface area is 92.8 Å². The summed E-state index contributed by atoms with van der Waals surface area (Å²) in [6, 6.07) is 0.0611. The Balaban J connectivity index is 2.25. The molecule has 0 aromatic rings. The van der Waals surface area contributed by atoms with Gasteiger partial charge in [-0.3, -0.25) is 4.79 Å². The molecule has 0 heterocycles. The molecular weight excluding hydrogens is 188 g/mol. The fourth-order valence-electron chi connectivity index (χ4n) is 2.15. The van der Waals surface area contributed by atoms with Crippen molar-refractivity contribution in [1.29, 1.82) is 0 Å². The number of hydrogen-bond acceptors (Lipinski definition) is 2. The van der Waals surface area contributed by atoms with Crippen LogP contribution in [-0.2, 0) is 4.79 Å². The van der Waals surface area contributed by atoms with E-state index in [1.165, 1.54) is 12.8 Å². The van der Waals surface area contributed by atoms with Crippen molar-refractivity contribution in [2.75, 3.05) is 0 Å². The van der Waals surface area contributed by atoms with Crippen LogP contribution in [0.3, 0.4) is 0 Å². The summed E-state index contributed by atoms with van der Waals surface area (Å²) >= 11 is 0. The number of rotatable bonds is 4. The molecule has 0 aromatic carbocycles. The monoisotopic (exact) mass is 212 g/mol. The molecule has 0 bridgehead atoms. The van der Waals surface area contributed by atoms with Crippen LogP contribution in [0, 0.1) is 5.92 Å². The lowest BCUT2D eigenvalue weighted by Gasteiger charge is -2.27. The molecule has 1 fully saturated rings. The Hall–Kier alpha value is -0.570. The van der Waals surface area contributed by atoms with E-state index in [2.05, 4.69) is 19.2 Å². The quantitative estimate of drug-likeness (QED) is 0.746. The van der Waals surface area contributed by atoms with Gasteiger partial charge in [-0.25, -0.2) is 0 Å². The van der Waals surface area contributed by atoms with Crippen LogP contribution < -0.4 is 11.1 Å². The Bertz CT molecular complexity index is 198. The molecule has 3 heteroatoms. The normalized spacial score (nSPS) is 28.5. The van der Waals surface area contributed by atoms with Gasteiger partial charge in [0, 0.05) is 6.04 Å². The molecule has 1 aliphatic carbocycles. The average Bonchev–Trinajstić information content (AvgIpc) is 2.22. The smallest absolute Gasteiger partial charge is 0.237 e. The minimum absolute atomic E-state index is 0.0383. The predicted molar refractivity (Wildman–Crippen MR) is 62.4 cm³/mol. The molecule has 1 aliphatic rings. The van der Waals surface area contributed by atoms with Crippen LogP contribution in [0.5, 0.6) is 0 Å². The number of carbonyl (C=O) groups excluding carboxylic acids is 1. The molecule has 1 rings (SSSR count). The number of carbonyl (C=O) groups is 1. The zero-order valence-electron chi connectivity index (χ0n) is 9.96. The summed E-state index contributed by atoms with van der Waals surface area (Å²) < 4.78 is 0. The Morgan fingerprint density at radius 2 is 2.00 bits per heavy atom. The summed E-state index contributed by atoms with van der Waals surface area (Å²) in [4.78, 5) is 11.6. The first-order valence-electron chi connectivity index (χ1n) is 6.19. The summed E-state index contributed by atoms with van der Waals surface area (Å²) in [7, 11) is 0. The molecule has 1 amide bonds. The van der Waals surface area contributed by atoms with Crippen LogP contribution in [0.4, 0.5) is 0 Å². The van der Waals surface area contributed by atoms with Crippen molar-refractivity contribution in [3.63, 3.8) is 0 Å². The molecule has 15 heavy (non-hydrogen) atoms. The van der Waals surface area contributed by atoms with Gasteiger partial charge in [-0.1, -0.05) is 20.3 Å². The largest absolute Gasteiger partial charge is 0.352 e. The zero-order valence-corrected chi connectivity index (χ0v) is 9.96. The lowest BCUT2D eigenvalue weighted by molar-refractivity contribution is -0.123. The lowest BCUT2D eigenvalue weighted by atomic mass is 9.87. The van der Waals surface area contributed by atoms with Crippen LogP contribution in [0.15, 0.2) is 0 Å². The maximum atomic E-state index is 11.6. The van der Waals surface area contributed by atoms with Gasteiger partial charge in [-0.2, -0.15) is 0 Å². The molecule has 1 atom stereocenters. The highest BCUT2D eigenvalue weighted by Crippen LogP contribution is 2.23. The molecular formula is C12H24N2O. The standard InChI is InChI=1S/C12H24N2O/c1-3-4-11(13)12(15)14-10-7-5-9(2)6-8-10/h9-11H,3-8,13H2,1-2H3,(H,14,15). The van der Waals surface area contributed by atoms with Gasteiger partial charge in [-0.15, -0.1) is 0 Å². The van der Waals surface area contributed by atoms with E-state index < -0.39 is 0 Å². The van der Waals surface area contributed by atoms with E-state index in [1.807, 2.05) is 0 Å². The van der Waals surface area contributed by atoms with Crippen molar-refractivity contribution < 1.29 is 4.79 Å². The molecule has 3 N–H and O–H groups in total. The Kier molecular flexibility index (Phi) is 5.09. The maximum Gasteiger partial charge on any atom is 0.237 e. The van der Waals surface area contributed by atoms with Crippen LogP contribution >= 0.6 is 0 Å². The van der Waals surface area contributed by atoms with Crippen LogP contribution in [0.1, 0.15) is 52.4 Å². The van der Waals surface area contributed by atoms with Gasteiger partial charge < -0.3 is 11.1 Å². The third-order valence-corrected chi connectivity index (χ3v) is 3.30. The summed E-state index contributed by atoms with van der Waals surface area (Å²) in [5.74, 6) is 0.860. The average molecular weight is 212 g/mol. The Morgan fingerprint density at radius 1 is 1.40 bits per heavy atom. The second-order valence-electron chi connectivity index (χ2n) is 4.86. The highest BCUT2D eigenvalue weighted by molar-refractivity contribution is 5.81. The maximum absolute atomic E-state index is 11.6. The van der Waals surface area contributed by atoms with Gasteiger partial charge in [0.05, 0.1) is 6.04 Å². The van der Waals surface area contributed by atoms with Gasteiger partial charge in [0.2, 0.25) is 5.91 Å². The molecule has 0 saturated heterocycles. The number of hydrogen-bond donors (Lipinski definition) is 2. The lowest BCUT2D eigenvalue weighted by Crippen LogP contribution is -2.46. The fraction of sp³-hybridized carbons (Fsp3) is 0.917. The van der Waals surface area contributed by atoms with Crippen molar-refractivity contribution >= 4 is 5.91 Å². The first kappa shape index (κ1) is 12.5. The van der Waals surface area contributed by atoms with Crippen molar-refractivity contribution in [2.45, 2.75) is 64.5 Å². The summed E-state index contributed by atoms with van der Waals surface area (Å²) in [5, 5.41) is 3.06. The first-order chi connectivity index (χ1) is 7.13. The SMILES string of the molecule is CCCC(N)C(=O)NC1CCC(C)CC1. The summed E-state index contributed by atoms with van der Waals surface area (Å²) in [6.07, 6.45) is 6.45. The number of nitrogens with two attached hydrogens (primary N) is 1. The van der Waals surface area contributed by atoms with Crippen molar-refractivity contribution in [3.8, 4) is 0 Å². The van der Waals surface area contributed by atoms with E-state index in [0.29, 0.717) is 6.04 Å². The highest BCUT2D eigenvalue weighted by Gasteiger charge is 2.21. The van der Waals surface area contributed by atoms with Gasteiger partial charge >= 0.3 is 0 Å². The van der Waals surface area contributed by atoms with Gasteiger partial charge in [-0.05, 0) is 38.0 Å². The third kappa shape index (κ3) is 4.20. The molecule has 0 aliphatic heterocycles. The van der Waals surface area contributed by atoms with Crippen LogP contribution in [0.2, 0.25) is 0 Å². The third-order valence-electron chi connectivity index (χ3n) is 3.30. The molecule has 1 saturated carbocycles. The Morgan fingerprint density at radius 3 is 2.53 bits per heavy atom. The van der Waals surface area contributed by atoms with Gasteiger partial charge in [0.25, 0.3) is 0 Å². The van der Waals surface area contributed by atoms with E-state index >= 15 is 0 Å². The zero-order chi connectivity index (χ0) is 11.3. The minimum Gasteiger partial charge on any atom is -0.352 e. The molecule has 88 valence electrons. The van der Waals surface area contributed by atoms with E-state index in [4.69, 9.17) is 5.73 Å². The minimum atomic E-state index is -0.311. The van der Waals surface area contributed by atoms with Crippen molar-refractivity contribution in [1.82, 2.24) is 5.32 Å². The fourth-order valence-corrected chi connectivity index (χ4v) is 2.15. The van der Waals surface area contributed by atoms with E-state index in [0.717, 1.165) is 31.6 Å². The molecule has 0 aromatic heterocycles. The van der Waals surface area contributed by atoms with Crippen LogP contribution in [0.25, 0.3) is 0 Å². The molecule has 0 radical (unpaired) electrons. The second-order valence-corrected chi connectivity index (χ2v) is 4.86. The first-order valence-corrected chi connectivity index (χ1v) is 6.19. The molecule has 0 spiro atoms. The molecule has 1 unspecified atom stereocenters. The second kappa shape index (κ2) is 6.11. The number of amides is 1. The van der Waals surface area contributed by atoms with Gasteiger partial charge in [0.1, 0.15) is 0 Å². The number of nitrogens with one attached hydrogen (secondary N) is 1. The highest BCUT2D eigenvalue weighted by atomic mass is 16.2. The topological polar surface area (TPSA) is 55.1 Å². The molecule has 3 nitrogen and oxygen atoms in total. The van der Waals surface area contributed by atoms with Crippen molar-refractivity contribution in [2.24, 2.45) is 11.7 Å². The summed E-state index contributed by atoms with van der Waals surface area (Å²) in [5.41, 5.74) is 5.76. The van der Waals surface area contributed by atoms with Crippen LogP contribution in [-0.4, -0.2) is 18.0 Å². The van der Waals surface area contributed by atoms with Crippen molar-refractivity contribution in [3.05, 3.63) is 0 Å². The van der Waals surface area contributed by atoms with Gasteiger partial charge in [0.15, 0.2) is 0 Å². The van der Waals surface area contributed by atoms with E-state index in [-0.39, 0.29) is 11.9 Å².